The highest BCUT2D eigenvalue weighted by molar-refractivity contribution is 5.98. The van der Waals surface area contributed by atoms with E-state index in [-0.39, 0.29) is 30.4 Å². The fourth-order valence-electron chi connectivity index (χ4n) is 4.76. The molecule has 2 aromatic carbocycles. The number of aromatic nitrogens is 2. The molecule has 0 aliphatic carbocycles. The maximum Gasteiger partial charge on any atom is 0.330 e. The van der Waals surface area contributed by atoms with E-state index in [0.29, 0.717) is 25.2 Å². The van der Waals surface area contributed by atoms with Gasteiger partial charge in [0, 0.05) is 13.1 Å². The van der Waals surface area contributed by atoms with Crippen LogP contribution in [-0.4, -0.2) is 28.5 Å². The summed E-state index contributed by atoms with van der Waals surface area (Å²) < 4.78 is 16.3. The van der Waals surface area contributed by atoms with E-state index in [4.69, 9.17) is 5.73 Å². The SMILES string of the molecule is CCCCn1c(N)c(N(Cc2ccccc2)C(=O)CN2CCCc3cc(C)cc(F)c32)c(=O)[nH]c1=O. The average Bonchev–Trinajstić information content (AvgIpc) is 2.83. The number of nitrogen functional groups attached to an aromatic ring is 1. The Labute approximate surface area is 209 Å². The lowest BCUT2D eigenvalue weighted by atomic mass is 9.99. The molecule has 0 saturated heterocycles. The van der Waals surface area contributed by atoms with Gasteiger partial charge in [-0.3, -0.25) is 24.0 Å². The van der Waals surface area contributed by atoms with E-state index < -0.39 is 17.2 Å². The van der Waals surface area contributed by atoms with Crippen LogP contribution in [0.25, 0.3) is 0 Å². The highest BCUT2D eigenvalue weighted by Gasteiger charge is 2.29. The van der Waals surface area contributed by atoms with Gasteiger partial charge < -0.3 is 10.6 Å². The number of nitrogens with zero attached hydrogens (tertiary/aromatic N) is 3. The highest BCUT2D eigenvalue weighted by Crippen LogP contribution is 2.31. The summed E-state index contributed by atoms with van der Waals surface area (Å²) >= 11 is 0. The van der Waals surface area contributed by atoms with Gasteiger partial charge in [-0.25, -0.2) is 9.18 Å². The fourth-order valence-corrected chi connectivity index (χ4v) is 4.76. The summed E-state index contributed by atoms with van der Waals surface area (Å²) in [6.07, 6.45) is 3.03. The molecule has 1 aliphatic heterocycles. The predicted molar refractivity (Wildman–Crippen MR) is 140 cm³/mol. The van der Waals surface area contributed by atoms with Crippen molar-refractivity contribution in [2.24, 2.45) is 0 Å². The zero-order chi connectivity index (χ0) is 25.8. The normalized spacial score (nSPS) is 12.9. The molecule has 3 aromatic rings. The van der Waals surface area contributed by atoms with E-state index in [1.165, 1.54) is 15.5 Å². The van der Waals surface area contributed by atoms with Gasteiger partial charge in [0.15, 0.2) is 5.69 Å². The van der Waals surface area contributed by atoms with Crippen LogP contribution in [0.4, 0.5) is 21.6 Å². The van der Waals surface area contributed by atoms with Crippen LogP contribution in [-0.2, 0) is 24.3 Å². The van der Waals surface area contributed by atoms with Crippen molar-refractivity contribution in [3.8, 4) is 0 Å². The molecule has 2 heterocycles. The zero-order valence-electron chi connectivity index (χ0n) is 20.7. The third-order valence-electron chi connectivity index (χ3n) is 6.51. The van der Waals surface area contributed by atoms with Gasteiger partial charge in [0.1, 0.15) is 11.6 Å². The summed E-state index contributed by atoms with van der Waals surface area (Å²) in [7, 11) is 0. The molecule has 1 aliphatic rings. The van der Waals surface area contributed by atoms with Crippen molar-refractivity contribution in [3.63, 3.8) is 0 Å². The first-order chi connectivity index (χ1) is 17.3. The molecule has 0 spiro atoms. The van der Waals surface area contributed by atoms with Crippen LogP contribution >= 0.6 is 0 Å². The Morgan fingerprint density at radius 3 is 2.67 bits per heavy atom. The first kappa shape index (κ1) is 25.2. The molecular weight excluding hydrogens is 461 g/mol. The van der Waals surface area contributed by atoms with Crippen LogP contribution in [0.2, 0.25) is 0 Å². The predicted octanol–water partition coefficient (Wildman–Crippen LogP) is 3.35. The minimum Gasteiger partial charge on any atom is -0.383 e. The number of carbonyl (C=O) groups excluding carboxylic acids is 1. The van der Waals surface area contributed by atoms with Crippen molar-refractivity contribution in [1.82, 2.24) is 9.55 Å². The van der Waals surface area contributed by atoms with Crippen LogP contribution in [0.3, 0.4) is 0 Å². The number of hydrogen-bond acceptors (Lipinski definition) is 5. The number of rotatable bonds is 8. The van der Waals surface area contributed by atoms with E-state index >= 15 is 0 Å². The Morgan fingerprint density at radius 2 is 1.94 bits per heavy atom. The lowest BCUT2D eigenvalue weighted by Crippen LogP contribution is -2.46. The van der Waals surface area contributed by atoms with E-state index in [0.717, 1.165) is 36.0 Å². The maximum absolute atomic E-state index is 15.0. The number of hydrogen-bond donors (Lipinski definition) is 2. The number of carbonyl (C=O) groups is 1. The second kappa shape index (κ2) is 10.8. The Bertz CT molecular complexity index is 1370. The summed E-state index contributed by atoms with van der Waals surface area (Å²) in [6, 6.07) is 12.6. The number of anilines is 3. The van der Waals surface area contributed by atoms with Gasteiger partial charge in [-0.1, -0.05) is 49.7 Å². The quantitative estimate of drug-likeness (QED) is 0.501. The first-order valence-corrected chi connectivity index (χ1v) is 12.3. The van der Waals surface area contributed by atoms with Crippen LogP contribution in [0.15, 0.2) is 52.1 Å². The number of nitrogens with two attached hydrogens (primary N) is 1. The molecular formula is C27H32FN5O3. The number of nitrogens with one attached hydrogen (secondary N) is 1. The van der Waals surface area contributed by atoms with Gasteiger partial charge in [0.2, 0.25) is 5.91 Å². The molecule has 0 saturated carbocycles. The second-order valence-electron chi connectivity index (χ2n) is 9.24. The van der Waals surface area contributed by atoms with Gasteiger partial charge in [-0.15, -0.1) is 0 Å². The molecule has 1 amide bonds. The van der Waals surface area contributed by atoms with Crippen LogP contribution in [0.1, 0.15) is 42.9 Å². The maximum atomic E-state index is 15.0. The van der Waals surface area contributed by atoms with E-state index in [1.54, 1.807) is 4.90 Å². The van der Waals surface area contributed by atoms with Crippen molar-refractivity contribution in [3.05, 3.63) is 85.8 Å². The van der Waals surface area contributed by atoms with Gasteiger partial charge >= 0.3 is 5.69 Å². The Kier molecular flexibility index (Phi) is 7.57. The lowest BCUT2D eigenvalue weighted by molar-refractivity contribution is -0.117. The number of aryl methyl sites for hydroxylation is 2. The lowest BCUT2D eigenvalue weighted by Gasteiger charge is -2.33. The number of amides is 1. The molecule has 0 radical (unpaired) electrons. The molecule has 0 atom stereocenters. The molecule has 0 unspecified atom stereocenters. The van der Waals surface area contributed by atoms with Crippen LogP contribution < -0.4 is 26.8 Å². The number of unbranched alkanes of at least 4 members (excludes halogenated alkanes) is 1. The van der Waals surface area contributed by atoms with E-state index in [2.05, 4.69) is 4.98 Å². The van der Waals surface area contributed by atoms with Gasteiger partial charge in [0.25, 0.3) is 5.56 Å². The molecule has 36 heavy (non-hydrogen) atoms. The summed E-state index contributed by atoms with van der Waals surface area (Å²) in [5.74, 6) is -0.829. The van der Waals surface area contributed by atoms with E-state index in [9.17, 15) is 18.8 Å². The number of aromatic amines is 1. The Hall–Kier alpha value is -3.88. The van der Waals surface area contributed by atoms with Gasteiger partial charge in [0.05, 0.1) is 18.8 Å². The molecule has 0 fully saturated rings. The third-order valence-corrected chi connectivity index (χ3v) is 6.51. The fraction of sp³-hybridized carbons (Fsp3) is 0.370. The smallest absolute Gasteiger partial charge is 0.330 e. The molecule has 0 bridgehead atoms. The molecule has 1 aromatic heterocycles. The summed E-state index contributed by atoms with van der Waals surface area (Å²) in [4.78, 5) is 44.6. The Morgan fingerprint density at radius 1 is 1.19 bits per heavy atom. The third kappa shape index (κ3) is 5.19. The zero-order valence-corrected chi connectivity index (χ0v) is 20.7. The summed E-state index contributed by atoms with van der Waals surface area (Å²) in [6.45, 7) is 4.61. The van der Waals surface area contributed by atoms with Crippen LogP contribution in [0, 0.1) is 12.7 Å². The number of fused-ring (bicyclic) bond motifs is 1. The van der Waals surface area contributed by atoms with Crippen molar-refractivity contribution in [2.75, 3.05) is 28.6 Å². The number of halogens is 1. The number of benzene rings is 2. The van der Waals surface area contributed by atoms with Gasteiger partial charge in [-0.05, 0) is 48.9 Å². The van der Waals surface area contributed by atoms with Crippen LogP contribution in [0.5, 0.6) is 0 Å². The molecule has 8 nitrogen and oxygen atoms in total. The second-order valence-corrected chi connectivity index (χ2v) is 9.24. The number of H-pyrrole nitrogens is 1. The average molecular weight is 494 g/mol. The van der Waals surface area contributed by atoms with Crippen molar-refractivity contribution >= 4 is 23.1 Å². The van der Waals surface area contributed by atoms with Gasteiger partial charge in [-0.2, -0.15) is 0 Å². The Balaban J connectivity index is 1.75. The summed E-state index contributed by atoms with van der Waals surface area (Å²) in [5, 5.41) is 0. The standard InChI is InChI=1S/C27H32FN5O3/c1-3-4-13-32-25(29)24(26(35)30-27(32)36)33(16-19-9-6-5-7-10-19)22(34)17-31-12-8-11-20-14-18(2)15-21(28)23(20)31/h5-7,9-10,14-15H,3-4,8,11-13,16-17,29H2,1-2H3,(H,30,35,36). The first-order valence-electron chi connectivity index (χ1n) is 12.3. The topological polar surface area (TPSA) is 104 Å². The van der Waals surface area contributed by atoms with E-state index in [1.807, 2.05) is 50.2 Å². The minimum absolute atomic E-state index is 0.0534. The minimum atomic E-state index is -0.727. The van der Waals surface area contributed by atoms with Crippen molar-refractivity contribution in [1.29, 1.82) is 0 Å². The largest absolute Gasteiger partial charge is 0.383 e. The molecule has 3 N–H and O–H groups in total. The highest BCUT2D eigenvalue weighted by atomic mass is 19.1. The molecule has 190 valence electrons. The summed E-state index contributed by atoms with van der Waals surface area (Å²) in [5.41, 5.74) is 7.86. The monoisotopic (exact) mass is 493 g/mol. The van der Waals surface area contributed by atoms with Crippen molar-refractivity contribution in [2.45, 2.75) is 52.6 Å². The van der Waals surface area contributed by atoms with Crippen molar-refractivity contribution < 1.29 is 9.18 Å². The molecule has 9 heteroatoms. The molecule has 4 rings (SSSR count).